The molecule has 2 aromatic heterocycles. The second-order valence-corrected chi connectivity index (χ2v) is 6.34. The first-order valence-corrected chi connectivity index (χ1v) is 8.49. The Morgan fingerprint density at radius 3 is 2.48 bits per heavy atom. The predicted molar refractivity (Wildman–Crippen MR) is 101 cm³/mol. The molecule has 0 aliphatic rings. The van der Waals surface area contributed by atoms with Crippen molar-refractivity contribution in [3.63, 3.8) is 0 Å². The molecule has 27 heavy (non-hydrogen) atoms. The Morgan fingerprint density at radius 2 is 1.89 bits per heavy atom. The summed E-state index contributed by atoms with van der Waals surface area (Å²) in [5.74, 6) is -0.773. The van der Waals surface area contributed by atoms with Crippen molar-refractivity contribution in [2.75, 3.05) is 7.11 Å². The van der Waals surface area contributed by atoms with Gasteiger partial charge in [0.1, 0.15) is 12.1 Å². The second kappa shape index (κ2) is 7.53. The molecule has 138 valence electrons. The topological polar surface area (TPSA) is 60.7 Å². The molecule has 0 amide bonds. The number of fused-ring (bicyclic) bond motifs is 1. The predicted octanol–water partition coefficient (Wildman–Crippen LogP) is 4.26. The summed E-state index contributed by atoms with van der Waals surface area (Å²) in [6.45, 7) is 4.04. The van der Waals surface area contributed by atoms with E-state index in [1.54, 1.807) is 30.3 Å². The highest BCUT2D eigenvalue weighted by molar-refractivity contribution is 5.91. The van der Waals surface area contributed by atoms with Gasteiger partial charge in [0.15, 0.2) is 5.69 Å². The van der Waals surface area contributed by atoms with Gasteiger partial charge >= 0.3 is 5.97 Å². The van der Waals surface area contributed by atoms with Crippen LogP contribution in [-0.2, 0) is 9.53 Å². The van der Waals surface area contributed by atoms with E-state index >= 15 is 0 Å². The standard InChI is InChI=1S/C21H19FN2O3/c1-13(2)19-16(5-4-12-25)20(14-6-8-15(22)9-7-14)23-24-17(19)10-11-18(24)21(26)27-3/h4-13H,1-3H3. The van der Waals surface area contributed by atoms with Crippen LogP contribution in [0.4, 0.5) is 4.39 Å². The van der Waals surface area contributed by atoms with Crippen LogP contribution in [0.15, 0.2) is 42.5 Å². The summed E-state index contributed by atoms with van der Waals surface area (Å²) in [4.78, 5) is 23.1. The Morgan fingerprint density at radius 1 is 1.19 bits per heavy atom. The van der Waals surface area contributed by atoms with Crippen molar-refractivity contribution in [3.05, 3.63) is 65.1 Å². The van der Waals surface area contributed by atoms with E-state index in [2.05, 4.69) is 5.10 Å². The van der Waals surface area contributed by atoms with E-state index in [1.807, 2.05) is 13.8 Å². The number of carbonyl (C=O) groups excluding carboxylic acids is 2. The maximum absolute atomic E-state index is 13.4. The molecule has 1 aromatic carbocycles. The highest BCUT2D eigenvalue weighted by Gasteiger charge is 2.21. The molecule has 2 heterocycles. The number of allylic oxidation sites excluding steroid dienone is 1. The van der Waals surface area contributed by atoms with Crippen LogP contribution in [0, 0.1) is 5.82 Å². The van der Waals surface area contributed by atoms with E-state index in [0.717, 1.165) is 16.6 Å². The third kappa shape index (κ3) is 3.38. The molecule has 0 spiro atoms. The van der Waals surface area contributed by atoms with E-state index in [-0.39, 0.29) is 11.7 Å². The van der Waals surface area contributed by atoms with Gasteiger partial charge in [0.2, 0.25) is 0 Å². The molecule has 6 heteroatoms. The van der Waals surface area contributed by atoms with Crippen LogP contribution in [0.25, 0.3) is 22.9 Å². The fourth-order valence-corrected chi connectivity index (χ4v) is 3.15. The van der Waals surface area contributed by atoms with Crippen LogP contribution in [0.5, 0.6) is 0 Å². The molecule has 3 aromatic rings. The Bertz CT molecular complexity index is 1030. The van der Waals surface area contributed by atoms with Crippen LogP contribution in [0.3, 0.4) is 0 Å². The fraction of sp³-hybridized carbons (Fsp3) is 0.190. The van der Waals surface area contributed by atoms with E-state index in [0.29, 0.717) is 23.2 Å². The minimum Gasteiger partial charge on any atom is -0.464 e. The molecule has 0 radical (unpaired) electrons. The number of methoxy groups -OCH3 is 1. The summed E-state index contributed by atoms with van der Waals surface area (Å²) in [6.07, 6.45) is 3.79. The van der Waals surface area contributed by atoms with Crippen LogP contribution < -0.4 is 0 Å². The van der Waals surface area contributed by atoms with Crippen LogP contribution in [0.2, 0.25) is 0 Å². The molecule has 0 aliphatic heterocycles. The van der Waals surface area contributed by atoms with Crippen molar-refractivity contribution in [2.24, 2.45) is 0 Å². The van der Waals surface area contributed by atoms with Gasteiger partial charge in [0.05, 0.1) is 18.3 Å². The lowest BCUT2D eigenvalue weighted by Crippen LogP contribution is -2.11. The van der Waals surface area contributed by atoms with E-state index in [9.17, 15) is 14.0 Å². The molecule has 0 N–H and O–H groups in total. The molecule has 0 aliphatic carbocycles. The molecule has 5 nitrogen and oxygen atoms in total. The highest BCUT2D eigenvalue weighted by Crippen LogP contribution is 2.33. The summed E-state index contributed by atoms with van der Waals surface area (Å²) in [6, 6.07) is 9.39. The minimum absolute atomic E-state index is 0.0846. The number of carbonyl (C=O) groups is 2. The number of rotatable bonds is 5. The van der Waals surface area contributed by atoms with Gasteiger partial charge in [-0.15, -0.1) is 0 Å². The van der Waals surface area contributed by atoms with Gasteiger partial charge < -0.3 is 4.74 Å². The SMILES string of the molecule is COC(=O)c1ccc2c(C(C)C)c(C=CC=O)c(-c3ccc(F)cc3)nn12. The summed E-state index contributed by atoms with van der Waals surface area (Å²) in [5.41, 5.74) is 3.95. The van der Waals surface area contributed by atoms with Gasteiger partial charge in [-0.3, -0.25) is 4.79 Å². The average molecular weight is 366 g/mol. The van der Waals surface area contributed by atoms with Crippen molar-refractivity contribution >= 4 is 23.8 Å². The van der Waals surface area contributed by atoms with Crippen molar-refractivity contribution in [1.82, 2.24) is 9.61 Å². The maximum Gasteiger partial charge on any atom is 0.356 e. The summed E-state index contributed by atoms with van der Waals surface area (Å²) in [5, 5.41) is 4.63. The van der Waals surface area contributed by atoms with Gasteiger partial charge in [0, 0.05) is 11.1 Å². The van der Waals surface area contributed by atoms with Gasteiger partial charge in [-0.25, -0.2) is 13.7 Å². The Hall–Kier alpha value is -3.28. The summed E-state index contributed by atoms with van der Waals surface area (Å²) in [7, 11) is 1.31. The lowest BCUT2D eigenvalue weighted by molar-refractivity contribution is -0.104. The largest absolute Gasteiger partial charge is 0.464 e. The van der Waals surface area contributed by atoms with Gasteiger partial charge in [0.25, 0.3) is 0 Å². The average Bonchev–Trinajstić information content (AvgIpc) is 3.08. The molecule has 0 saturated heterocycles. The molecule has 0 saturated carbocycles. The zero-order valence-electron chi connectivity index (χ0n) is 15.3. The molecular weight excluding hydrogens is 347 g/mol. The maximum atomic E-state index is 13.4. The van der Waals surface area contributed by atoms with Gasteiger partial charge in [-0.2, -0.15) is 5.10 Å². The van der Waals surface area contributed by atoms with Crippen molar-refractivity contribution in [2.45, 2.75) is 19.8 Å². The number of esters is 1. The first-order chi connectivity index (χ1) is 13.0. The van der Waals surface area contributed by atoms with Crippen molar-refractivity contribution in [3.8, 4) is 11.3 Å². The van der Waals surface area contributed by atoms with E-state index in [4.69, 9.17) is 4.74 Å². The van der Waals surface area contributed by atoms with E-state index < -0.39 is 5.97 Å². The van der Waals surface area contributed by atoms with Crippen LogP contribution in [-0.4, -0.2) is 29.0 Å². The van der Waals surface area contributed by atoms with Gasteiger partial charge in [-0.05, 0) is 60.0 Å². The minimum atomic E-state index is -0.501. The third-order valence-electron chi connectivity index (χ3n) is 4.31. The monoisotopic (exact) mass is 366 g/mol. The van der Waals surface area contributed by atoms with Gasteiger partial charge in [-0.1, -0.05) is 13.8 Å². The number of aromatic nitrogens is 2. The number of hydrogen-bond acceptors (Lipinski definition) is 4. The lowest BCUT2D eigenvalue weighted by atomic mass is 9.93. The Kier molecular flexibility index (Phi) is 5.16. The van der Waals surface area contributed by atoms with Crippen LogP contribution >= 0.6 is 0 Å². The summed E-state index contributed by atoms with van der Waals surface area (Å²) < 4.78 is 19.8. The van der Waals surface area contributed by atoms with Crippen molar-refractivity contribution in [1.29, 1.82) is 0 Å². The zero-order valence-corrected chi connectivity index (χ0v) is 15.3. The number of ether oxygens (including phenoxy) is 1. The first kappa shape index (κ1) is 18.5. The number of hydrogen-bond donors (Lipinski definition) is 0. The molecule has 0 atom stereocenters. The highest BCUT2D eigenvalue weighted by atomic mass is 19.1. The number of halogens is 1. The number of nitrogens with zero attached hydrogens (tertiary/aromatic N) is 2. The Balaban J connectivity index is 2.42. The Labute approximate surface area is 156 Å². The lowest BCUT2D eigenvalue weighted by Gasteiger charge is -2.17. The van der Waals surface area contributed by atoms with Crippen molar-refractivity contribution < 1.29 is 18.7 Å². The number of benzene rings is 1. The fourth-order valence-electron chi connectivity index (χ4n) is 3.15. The number of aldehydes is 1. The molecule has 3 rings (SSSR count). The molecule has 0 fully saturated rings. The molecular formula is C21H19FN2O3. The zero-order chi connectivity index (χ0) is 19.6. The van der Waals surface area contributed by atoms with E-state index in [1.165, 1.54) is 29.8 Å². The second-order valence-electron chi connectivity index (χ2n) is 6.34. The summed E-state index contributed by atoms with van der Waals surface area (Å²) >= 11 is 0. The smallest absolute Gasteiger partial charge is 0.356 e. The quantitative estimate of drug-likeness (QED) is 0.384. The normalized spacial score (nSPS) is 11.4. The first-order valence-electron chi connectivity index (χ1n) is 8.49. The van der Waals surface area contributed by atoms with Crippen LogP contribution in [0.1, 0.15) is 41.4 Å². The molecule has 0 bridgehead atoms. The molecule has 0 unspecified atom stereocenters. The third-order valence-corrected chi connectivity index (χ3v) is 4.31.